The maximum absolute atomic E-state index is 11.7. The summed E-state index contributed by atoms with van der Waals surface area (Å²) in [6, 6.07) is 8.58. The number of nitrogen functional groups attached to an aromatic ring is 1. The highest BCUT2D eigenvalue weighted by Crippen LogP contribution is 2.10. The Hall–Kier alpha value is -2.88. The molecule has 2 rings (SSSR count). The van der Waals surface area contributed by atoms with Crippen LogP contribution in [0.3, 0.4) is 0 Å². The predicted octanol–water partition coefficient (Wildman–Crippen LogP) is 0.371. The van der Waals surface area contributed by atoms with Crippen LogP contribution in [0.2, 0.25) is 0 Å². The monoisotopic (exact) mass is 242 g/mol. The molecule has 0 saturated carbocycles. The highest BCUT2D eigenvalue weighted by molar-refractivity contribution is 5.90. The third-order valence-electron chi connectivity index (χ3n) is 2.14. The topological polar surface area (TPSA) is 110 Å². The number of nitrogens with one attached hydrogen (secondary N) is 1. The summed E-state index contributed by atoms with van der Waals surface area (Å²) in [5.41, 5.74) is 6.81. The van der Waals surface area contributed by atoms with E-state index in [0.717, 1.165) is 0 Å². The summed E-state index contributed by atoms with van der Waals surface area (Å²) in [6.07, 6.45) is 1.33. The zero-order valence-electron chi connectivity index (χ0n) is 9.37. The number of nitrogens with two attached hydrogens (primary N) is 1. The highest BCUT2D eigenvalue weighted by atomic mass is 16.2. The zero-order chi connectivity index (χ0) is 13.0. The molecule has 90 valence electrons. The Kier molecular flexibility index (Phi) is 3.20. The summed E-state index contributed by atoms with van der Waals surface area (Å²) in [7, 11) is 0. The Labute approximate surface area is 103 Å². The van der Waals surface area contributed by atoms with Gasteiger partial charge in [0.15, 0.2) is 0 Å². The summed E-state index contributed by atoms with van der Waals surface area (Å²) < 4.78 is 1.30. The lowest BCUT2D eigenvalue weighted by Gasteiger charge is -2.04. The van der Waals surface area contributed by atoms with Gasteiger partial charge in [-0.05, 0) is 24.3 Å². The van der Waals surface area contributed by atoms with Gasteiger partial charge in [0.25, 0.3) is 5.82 Å². The summed E-state index contributed by atoms with van der Waals surface area (Å²) in [5, 5.41) is 15.0. The van der Waals surface area contributed by atoms with Crippen molar-refractivity contribution < 1.29 is 4.79 Å². The van der Waals surface area contributed by atoms with Gasteiger partial charge in [0.2, 0.25) is 5.91 Å². The van der Waals surface area contributed by atoms with E-state index in [1.807, 2.05) is 0 Å². The van der Waals surface area contributed by atoms with Crippen molar-refractivity contribution >= 4 is 17.3 Å². The molecule has 1 aromatic carbocycles. The second-order valence-electron chi connectivity index (χ2n) is 3.55. The van der Waals surface area contributed by atoms with E-state index in [9.17, 15) is 4.79 Å². The molecule has 0 aliphatic rings. The van der Waals surface area contributed by atoms with E-state index in [0.29, 0.717) is 11.4 Å². The number of benzene rings is 1. The molecule has 18 heavy (non-hydrogen) atoms. The zero-order valence-corrected chi connectivity index (χ0v) is 9.37. The first-order valence-electron chi connectivity index (χ1n) is 5.12. The number of nitriles is 1. The van der Waals surface area contributed by atoms with Gasteiger partial charge in [-0.1, -0.05) is 0 Å². The quantitative estimate of drug-likeness (QED) is 0.755. The number of anilines is 2. The second kappa shape index (κ2) is 4.97. The number of aromatic nitrogens is 3. The minimum atomic E-state index is -0.255. The number of rotatable bonds is 3. The molecular weight excluding hydrogens is 232 g/mol. The van der Waals surface area contributed by atoms with Crippen LogP contribution in [0, 0.1) is 11.3 Å². The van der Waals surface area contributed by atoms with Gasteiger partial charge >= 0.3 is 0 Å². The van der Waals surface area contributed by atoms with Gasteiger partial charge in [0.1, 0.15) is 18.9 Å². The lowest BCUT2D eigenvalue weighted by atomic mass is 10.3. The summed E-state index contributed by atoms with van der Waals surface area (Å²) >= 11 is 0. The Morgan fingerprint density at radius 3 is 2.78 bits per heavy atom. The molecule has 7 heteroatoms. The first kappa shape index (κ1) is 11.6. The number of carbonyl (C=O) groups excluding carboxylic acids is 1. The SMILES string of the molecule is N#Cc1ncn(CC(=O)Nc2ccc(N)cc2)n1. The van der Waals surface area contributed by atoms with E-state index < -0.39 is 0 Å². The van der Waals surface area contributed by atoms with Gasteiger partial charge in [-0.3, -0.25) is 4.79 Å². The maximum Gasteiger partial charge on any atom is 0.252 e. The van der Waals surface area contributed by atoms with Gasteiger partial charge < -0.3 is 11.1 Å². The third-order valence-corrected chi connectivity index (χ3v) is 2.14. The van der Waals surface area contributed by atoms with Crippen molar-refractivity contribution in [3.63, 3.8) is 0 Å². The van der Waals surface area contributed by atoms with Gasteiger partial charge in [0, 0.05) is 11.4 Å². The summed E-state index contributed by atoms with van der Waals surface area (Å²) in [6.45, 7) is -0.000936. The van der Waals surface area contributed by atoms with Crippen LogP contribution in [-0.2, 0) is 11.3 Å². The molecule has 0 fully saturated rings. The molecule has 0 radical (unpaired) electrons. The first-order chi connectivity index (χ1) is 8.67. The number of hydrogen-bond donors (Lipinski definition) is 2. The number of carbonyl (C=O) groups is 1. The molecule has 3 N–H and O–H groups in total. The number of hydrogen-bond acceptors (Lipinski definition) is 5. The minimum absolute atomic E-state index is 0.000936. The molecular formula is C11H10N6O. The van der Waals surface area contributed by atoms with Crippen LogP contribution in [0.5, 0.6) is 0 Å². The lowest BCUT2D eigenvalue weighted by molar-refractivity contribution is -0.116. The lowest BCUT2D eigenvalue weighted by Crippen LogP contribution is -2.19. The molecule has 2 aromatic rings. The van der Waals surface area contributed by atoms with E-state index in [2.05, 4.69) is 15.4 Å². The Bertz CT molecular complexity index is 595. The van der Waals surface area contributed by atoms with Crippen LogP contribution >= 0.6 is 0 Å². The smallest absolute Gasteiger partial charge is 0.252 e. The predicted molar refractivity (Wildman–Crippen MR) is 64.2 cm³/mol. The molecule has 1 amide bonds. The first-order valence-corrected chi connectivity index (χ1v) is 5.12. The van der Waals surface area contributed by atoms with E-state index in [1.165, 1.54) is 11.0 Å². The fraction of sp³-hybridized carbons (Fsp3) is 0.0909. The Balaban J connectivity index is 1.96. The standard InChI is InChI=1S/C11H10N6O/c12-5-10-14-7-17(16-10)6-11(18)15-9-3-1-8(13)2-4-9/h1-4,7H,6,13H2,(H,15,18). The Morgan fingerprint density at radius 1 is 1.44 bits per heavy atom. The fourth-order valence-electron chi connectivity index (χ4n) is 1.34. The van der Waals surface area contributed by atoms with Crippen LogP contribution < -0.4 is 11.1 Å². The van der Waals surface area contributed by atoms with Crippen LogP contribution in [0.25, 0.3) is 0 Å². The molecule has 1 aromatic heterocycles. The van der Waals surface area contributed by atoms with Crippen molar-refractivity contribution in [1.29, 1.82) is 5.26 Å². The maximum atomic E-state index is 11.7. The van der Waals surface area contributed by atoms with E-state index in [1.54, 1.807) is 30.3 Å². The van der Waals surface area contributed by atoms with Crippen LogP contribution in [-0.4, -0.2) is 20.7 Å². The second-order valence-corrected chi connectivity index (χ2v) is 3.55. The van der Waals surface area contributed by atoms with Crippen molar-refractivity contribution in [1.82, 2.24) is 14.8 Å². The molecule has 0 aliphatic carbocycles. The van der Waals surface area contributed by atoms with E-state index in [4.69, 9.17) is 11.0 Å². The molecule has 0 saturated heterocycles. The molecule has 0 bridgehead atoms. The van der Waals surface area contributed by atoms with Crippen molar-refractivity contribution in [3.05, 3.63) is 36.4 Å². The van der Waals surface area contributed by atoms with E-state index in [-0.39, 0.29) is 18.3 Å². The Morgan fingerprint density at radius 2 is 2.17 bits per heavy atom. The molecule has 7 nitrogen and oxygen atoms in total. The van der Waals surface area contributed by atoms with Gasteiger partial charge in [-0.2, -0.15) is 5.26 Å². The molecule has 0 spiro atoms. The number of nitrogens with zero attached hydrogens (tertiary/aromatic N) is 4. The molecule has 0 unspecified atom stereocenters. The van der Waals surface area contributed by atoms with Crippen molar-refractivity contribution in [2.75, 3.05) is 11.1 Å². The van der Waals surface area contributed by atoms with Crippen LogP contribution in [0.4, 0.5) is 11.4 Å². The molecule has 1 heterocycles. The average Bonchev–Trinajstić information content (AvgIpc) is 2.79. The van der Waals surface area contributed by atoms with Crippen molar-refractivity contribution in [3.8, 4) is 6.07 Å². The van der Waals surface area contributed by atoms with Crippen LogP contribution in [0.15, 0.2) is 30.6 Å². The van der Waals surface area contributed by atoms with Crippen LogP contribution in [0.1, 0.15) is 5.82 Å². The third kappa shape index (κ3) is 2.82. The fourth-order valence-corrected chi connectivity index (χ4v) is 1.34. The normalized spacial score (nSPS) is 9.72. The van der Waals surface area contributed by atoms with Gasteiger partial charge in [-0.15, -0.1) is 5.10 Å². The van der Waals surface area contributed by atoms with E-state index >= 15 is 0 Å². The number of amides is 1. The summed E-state index contributed by atoms with van der Waals surface area (Å²) in [5.74, 6) is -0.218. The van der Waals surface area contributed by atoms with Crippen molar-refractivity contribution in [2.45, 2.75) is 6.54 Å². The molecule has 0 atom stereocenters. The van der Waals surface area contributed by atoms with Gasteiger partial charge in [-0.25, -0.2) is 9.67 Å². The molecule has 0 aliphatic heterocycles. The largest absolute Gasteiger partial charge is 0.399 e. The minimum Gasteiger partial charge on any atom is -0.399 e. The van der Waals surface area contributed by atoms with Crippen molar-refractivity contribution in [2.24, 2.45) is 0 Å². The summed E-state index contributed by atoms with van der Waals surface area (Å²) in [4.78, 5) is 15.4. The average molecular weight is 242 g/mol. The highest BCUT2D eigenvalue weighted by Gasteiger charge is 2.05. The van der Waals surface area contributed by atoms with Gasteiger partial charge in [0.05, 0.1) is 0 Å².